The van der Waals surface area contributed by atoms with Crippen molar-refractivity contribution in [3.8, 4) is 11.5 Å². The summed E-state index contributed by atoms with van der Waals surface area (Å²) in [6.45, 7) is 4.50. The van der Waals surface area contributed by atoms with Gasteiger partial charge in [0.15, 0.2) is 11.5 Å². The number of benzene rings is 1. The minimum absolute atomic E-state index is 0.0498. The van der Waals surface area contributed by atoms with Gasteiger partial charge < -0.3 is 20.3 Å². The van der Waals surface area contributed by atoms with Crippen LogP contribution in [0.15, 0.2) is 41.5 Å². The lowest BCUT2D eigenvalue weighted by atomic mass is 10.2. The molecule has 0 atom stereocenters. The molecule has 7 heteroatoms. The molecule has 2 rings (SSSR count). The first-order valence-corrected chi connectivity index (χ1v) is 7.93. The van der Waals surface area contributed by atoms with Gasteiger partial charge in [-0.15, -0.1) is 0 Å². The first-order chi connectivity index (χ1) is 12.1. The van der Waals surface area contributed by atoms with Crippen molar-refractivity contribution in [1.82, 2.24) is 4.98 Å². The molecule has 3 N–H and O–H groups in total. The van der Waals surface area contributed by atoms with E-state index in [-0.39, 0.29) is 12.4 Å². The van der Waals surface area contributed by atoms with Crippen LogP contribution in [0, 0.1) is 0 Å². The van der Waals surface area contributed by atoms with Crippen molar-refractivity contribution in [2.45, 2.75) is 20.5 Å². The van der Waals surface area contributed by atoms with Crippen LogP contribution < -0.4 is 15.2 Å². The third kappa shape index (κ3) is 4.77. The van der Waals surface area contributed by atoms with Gasteiger partial charge in [-0.3, -0.25) is 9.78 Å². The Kier molecular flexibility index (Phi) is 6.47. The summed E-state index contributed by atoms with van der Waals surface area (Å²) in [5, 5.41) is 8.99. The number of amidine groups is 1. The highest BCUT2D eigenvalue weighted by atomic mass is 16.5. The number of aliphatic hydroxyl groups is 1. The Morgan fingerprint density at radius 1 is 1.12 bits per heavy atom. The molecule has 1 aromatic carbocycles. The van der Waals surface area contributed by atoms with Crippen molar-refractivity contribution in [1.29, 1.82) is 0 Å². The zero-order valence-electron chi connectivity index (χ0n) is 14.2. The molecule has 2 aromatic rings. The zero-order chi connectivity index (χ0) is 18.2. The highest BCUT2D eigenvalue weighted by molar-refractivity contribution is 6.08. The van der Waals surface area contributed by atoms with Crippen molar-refractivity contribution in [3.05, 3.63) is 53.3 Å². The summed E-state index contributed by atoms with van der Waals surface area (Å²) in [6.07, 6.45) is 1.46. The van der Waals surface area contributed by atoms with Gasteiger partial charge in [-0.25, -0.2) is 0 Å². The van der Waals surface area contributed by atoms with E-state index in [9.17, 15) is 4.79 Å². The van der Waals surface area contributed by atoms with E-state index in [1.807, 2.05) is 13.8 Å². The third-order valence-electron chi connectivity index (χ3n) is 3.29. The van der Waals surface area contributed by atoms with Crippen molar-refractivity contribution in [2.75, 3.05) is 13.2 Å². The summed E-state index contributed by atoms with van der Waals surface area (Å²) in [5.74, 6) is 0.612. The van der Waals surface area contributed by atoms with Gasteiger partial charge in [0.2, 0.25) is 0 Å². The number of carbonyl (C=O) groups excluding carboxylic acids is 1. The number of hydrogen-bond donors (Lipinski definition) is 2. The van der Waals surface area contributed by atoms with E-state index in [0.717, 1.165) is 0 Å². The molecule has 132 valence electrons. The summed E-state index contributed by atoms with van der Waals surface area (Å²) in [4.78, 5) is 20.3. The van der Waals surface area contributed by atoms with E-state index in [0.29, 0.717) is 41.5 Å². The first kappa shape index (κ1) is 18.4. The van der Waals surface area contributed by atoms with Crippen LogP contribution in [0.25, 0.3) is 0 Å². The molecule has 7 nitrogen and oxygen atoms in total. The lowest BCUT2D eigenvalue weighted by Gasteiger charge is -2.11. The van der Waals surface area contributed by atoms with Crippen LogP contribution in [-0.4, -0.2) is 35.0 Å². The summed E-state index contributed by atoms with van der Waals surface area (Å²) < 4.78 is 11.0. The standard InChI is InChI=1S/C18H21N3O4/c1-3-24-15-8-6-12(9-16(15)25-4-2)18(23)21-17(19)13-5-7-14(11-22)20-10-13/h5-10,22H,3-4,11H2,1-2H3,(H2,19,21,23). The van der Waals surface area contributed by atoms with Gasteiger partial charge in [-0.1, -0.05) is 0 Å². The second-order valence-electron chi connectivity index (χ2n) is 5.03. The Bertz CT molecular complexity index is 757. The third-order valence-corrected chi connectivity index (χ3v) is 3.29. The van der Waals surface area contributed by atoms with E-state index >= 15 is 0 Å². The lowest BCUT2D eigenvalue weighted by molar-refractivity contribution is 0.100. The van der Waals surface area contributed by atoms with Gasteiger partial charge in [0.1, 0.15) is 5.84 Å². The van der Waals surface area contributed by atoms with E-state index in [1.165, 1.54) is 6.20 Å². The number of carbonyl (C=O) groups is 1. The SMILES string of the molecule is CCOc1ccc(C(=O)N=C(N)c2ccc(CO)nc2)cc1OCC. The quantitative estimate of drug-likeness (QED) is 0.587. The Labute approximate surface area is 146 Å². The number of nitrogens with two attached hydrogens (primary N) is 1. The van der Waals surface area contributed by atoms with Crippen LogP contribution in [0.2, 0.25) is 0 Å². The van der Waals surface area contributed by atoms with Gasteiger partial charge >= 0.3 is 0 Å². The Morgan fingerprint density at radius 2 is 1.80 bits per heavy atom. The average Bonchev–Trinajstić information content (AvgIpc) is 2.63. The van der Waals surface area contributed by atoms with Crippen LogP contribution in [0.5, 0.6) is 11.5 Å². The molecule has 0 aliphatic carbocycles. The van der Waals surface area contributed by atoms with Crippen molar-refractivity contribution in [3.63, 3.8) is 0 Å². The number of amides is 1. The number of nitrogens with zero attached hydrogens (tertiary/aromatic N) is 2. The number of aromatic nitrogens is 1. The van der Waals surface area contributed by atoms with Crippen molar-refractivity contribution in [2.24, 2.45) is 10.7 Å². The number of hydrogen-bond acceptors (Lipinski definition) is 5. The van der Waals surface area contributed by atoms with Gasteiger partial charge in [-0.2, -0.15) is 4.99 Å². The largest absolute Gasteiger partial charge is 0.490 e. The van der Waals surface area contributed by atoms with Crippen LogP contribution in [0.1, 0.15) is 35.5 Å². The number of pyridine rings is 1. The highest BCUT2D eigenvalue weighted by Gasteiger charge is 2.12. The molecule has 1 aromatic heterocycles. The molecule has 0 aliphatic heterocycles. The maximum absolute atomic E-state index is 12.4. The monoisotopic (exact) mass is 343 g/mol. The molecule has 0 bridgehead atoms. The van der Waals surface area contributed by atoms with E-state index in [2.05, 4.69) is 9.98 Å². The van der Waals surface area contributed by atoms with E-state index in [4.69, 9.17) is 20.3 Å². The molecular formula is C18H21N3O4. The summed E-state index contributed by atoms with van der Waals surface area (Å²) in [7, 11) is 0. The second-order valence-corrected chi connectivity index (χ2v) is 5.03. The first-order valence-electron chi connectivity index (χ1n) is 7.93. The predicted molar refractivity (Wildman–Crippen MR) is 94.0 cm³/mol. The Balaban J connectivity index is 2.24. The highest BCUT2D eigenvalue weighted by Crippen LogP contribution is 2.28. The maximum atomic E-state index is 12.4. The molecule has 0 saturated heterocycles. The molecule has 1 heterocycles. The minimum Gasteiger partial charge on any atom is -0.490 e. The number of aliphatic hydroxyl groups excluding tert-OH is 1. The second kappa shape index (κ2) is 8.79. The summed E-state index contributed by atoms with van der Waals surface area (Å²) in [6, 6.07) is 8.13. The van der Waals surface area contributed by atoms with Crippen molar-refractivity contribution >= 4 is 11.7 Å². The Morgan fingerprint density at radius 3 is 2.40 bits per heavy atom. The summed E-state index contributed by atoms with van der Waals surface area (Å²) in [5.41, 5.74) is 7.22. The van der Waals surface area contributed by atoms with Gasteiger partial charge in [0.25, 0.3) is 5.91 Å². The van der Waals surface area contributed by atoms with E-state index < -0.39 is 5.91 Å². The lowest BCUT2D eigenvalue weighted by Crippen LogP contribution is -2.16. The summed E-state index contributed by atoms with van der Waals surface area (Å²) >= 11 is 0. The predicted octanol–water partition coefficient (Wildman–Crippen LogP) is 1.92. The fraction of sp³-hybridized carbons (Fsp3) is 0.278. The molecule has 0 fully saturated rings. The maximum Gasteiger partial charge on any atom is 0.279 e. The molecular weight excluding hydrogens is 322 g/mol. The average molecular weight is 343 g/mol. The minimum atomic E-state index is -0.493. The number of aliphatic imine (C=N–C) groups is 1. The van der Waals surface area contributed by atoms with Crippen LogP contribution in [-0.2, 0) is 6.61 Å². The fourth-order valence-electron chi connectivity index (χ4n) is 2.09. The molecule has 25 heavy (non-hydrogen) atoms. The van der Waals surface area contributed by atoms with Crippen LogP contribution in [0.4, 0.5) is 0 Å². The molecule has 0 saturated carbocycles. The van der Waals surface area contributed by atoms with Crippen LogP contribution in [0.3, 0.4) is 0 Å². The Hall–Kier alpha value is -2.93. The van der Waals surface area contributed by atoms with Crippen LogP contribution >= 0.6 is 0 Å². The molecule has 0 radical (unpaired) electrons. The van der Waals surface area contributed by atoms with Gasteiger partial charge in [-0.05, 0) is 44.2 Å². The van der Waals surface area contributed by atoms with Gasteiger partial charge in [0, 0.05) is 17.3 Å². The number of ether oxygens (including phenoxy) is 2. The molecule has 1 amide bonds. The fourth-order valence-corrected chi connectivity index (χ4v) is 2.09. The molecule has 0 unspecified atom stereocenters. The topological polar surface area (TPSA) is 107 Å². The van der Waals surface area contributed by atoms with Gasteiger partial charge in [0.05, 0.1) is 25.5 Å². The molecule has 0 aliphatic rings. The molecule has 0 spiro atoms. The smallest absolute Gasteiger partial charge is 0.279 e. The van der Waals surface area contributed by atoms with Crippen molar-refractivity contribution < 1.29 is 19.4 Å². The van der Waals surface area contributed by atoms with E-state index in [1.54, 1.807) is 30.3 Å². The number of rotatable bonds is 7. The normalized spacial score (nSPS) is 11.2. The zero-order valence-corrected chi connectivity index (χ0v) is 14.2.